The van der Waals surface area contributed by atoms with E-state index in [0.717, 1.165) is 22.3 Å². The zero-order valence-electron chi connectivity index (χ0n) is 21.0. The van der Waals surface area contributed by atoms with E-state index in [-0.39, 0.29) is 11.2 Å². The van der Waals surface area contributed by atoms with Crippen molar-refractivity contribution in [3.63, 3.8) is 0 Å². The number of tetrazole rings is 1. The molecule has 0 saturated heterocycles. The SMILES string of the molecule is CCCn1c(=O)c2c(nc(C)n2Cc2ccc(-c3ccccc3-c3nn[nH]n3)cc2)n(CCOC)c1=O. The third-order valence-corrected chi connectivity index (χ3v) is 6.39. The number of fused-ring (bicyclic) bond motifs is 1. The fourth-order valence-electron chi connectivity index (χ4n) is 4.58. The lowest BCUT2D eigenvalue weighted by Crippen LogP contribution is -2.41. The van der Waals surface area contributed by atoms with Crippen LogP contribution in [0.3, 0.4) is 0 Å². The second-order valence-corrected chi connectivity index (χ2v) is 8.78. The largest absolute Gasteiger partial charge is 0.383 e. The summed E-state index contributed by atoms with van der Waals surface area (Å²) in [5.41, 5.74) is 4.02. The highest BCUT2D eigenvalue weighted by Gasteiger charge is 2.20. The number of ether oxygens (including phenoxy) is 1. The van der Waals surface area contributed by atoms with Gasteiger partial charge in [-0.25, -0.2) is 9.78 Å². The molecule has 3 aromatic heterocycles. The van der Waals surface area contributed by atoms with Crippen LogP contribution in [-0.4, -0.2) is 53.0 Å². The summed E-state index contributed by atoms with van der Waals surface area (Å²) in [6.45, 7) is 5.25. The van der Waals surface area contributed by atoms with Gasteiger partial charge in [0.05, 0.1) is 13.2 Å². The molecule has 190 valence electrons. The molecule has 0 amide bonds. The van der Waals surface area contributed by atoms with E-state index in [0.29, 0.717) is 55.5 Å². The summed E-state index contributed by atoms with van der Waals surface area (Å²) in [5.74, 6) is 1.20. The van der Waals surface area contributed by atoms with Gasteiger partial charge in [0.15, 0.2) is 11.2 Å². The maximum Gasteiger partial charge on any atom is 0.332 e. The highest BCUT2D eigenvalue weighted by Crippen LogP contribution is 2.30. The topological polar surface area (TPSA) is 126 Å². The van der Waals surface area contributed by atoms with E-state index in [9.17, 15) is 9.59 Å². The molecule has 5 aromatic rings. The smallest absolute Gasteiger partial charge is 0.332 e. The Kier molecular flexibility index (Phi) is 6.78. The van der Waals surface area contributed by atoms with E-state index in [1.807, 2.05) is 66.9 Å². The van der Waals surface area contributed by atoms with Crippen LogP contribution < -0.4 is 11.2 Å². The van der Waals surface area contributed by atoms with Gasteiger partial charge in [0.1, 0.15) is 5.82 Å². The highest BCUT2D eigenvalue weighted by molar-refractivity contribution is 5.80. The van der Waals surface area contributed by atoms with Gasteiger partial charge in [-0.15, -0.1) is 10.2 Å². The standard InChI is InChI=1S/C26H28N8O3/c1-4-13-33-25(35)22-24(32(26(33)36)14-15-37-3)27-17(2)34(22)16-18-9-11-19(12-10-18)20-7-5-6-8-21(20)23-28-30-31-29-23/h5-12H,4,13-16H2,1-3H3,(H,28,29,30,31). The average Bonchev–Trinajstić information content (AvgIpc) is 3.56. The monoisotopic (exact) mass is 500 g/mol. The Hall–Kier alpha value is -4.38. The first-order valence-electron chi connectivity index (χ1n) is 12.1. The van der Waals surface area contributed by atoms with Crippen LogP contribution in [0, 0.1) is 6.92 Å². The number of nitrogens with zero attached hydrogens (tertiary/aromatic N) is 7. The van der Waals surface area contributed by atoms with E-state index >= 15 is 0 Å². The van der Waals surface area contributed by atoms with Gasteiger partial charge in [0.2, 0.25) is 5.82 Å². The van der Waals surface area contributed by atoms with Crippen molar-refractivity contribution in [2.75, 3.05) is 13.7 Å². The fourth-order valence-corrected chi connectivity index (χ4v) is 4.58. The fraction of sp³-hybridized carbons (Fsp3) is 0.308. The molecule has 11 heteroatoms. The molecule has 3 heterocycles. The molecule has 0 aliphatic carbocycles. The lowest BCUT2D eigenvalue weighted by molar-refractivity contribution is 0.186. The van der Waals surface area contributed by atoms with Gasteiger partial charge in [-0.1, -0.05) is 55.5 Å². The lowest BCUT2D eigenvalue weighted by atomic mass is 9.98. The normalized spacial score (nSPS) is 11.4. The van der Waals surface area contributed by atoms with Crippen LogP contribution in [0.5, 0.6) is 0 Å². The summed E-state index contributed by atoms with van der Waals surface area (Å²) in [4.78, 5) is 31.1. The van der Waals surface area contributed by atoms with Crippen molar-refractivity contribution in [2.45, 2.75) is 39.9 Å². The molecule has 11 nitrogen and oxygen atoms in total. The summed E-state index contributed by atoms with van der Waals surface area (Å²) in [6.07, 6.45) is 0.671. The maximum atomic E-state index is 13.4. The third-order valence-electron chi connectivity index (χ3n) is 6.39. The zero-order valence-corrected chi connectivity index (χ0v) is 21.0. The Bertz CT molecular complexity index is 1650. The Morgan fingerprint density at radius 1 is 0.946 bits per heavy atom. The third kappa shape index (κ3) is 4.49. The van der Waals surface area contributed by atoms with E-state index < -0.39 is 0 Å². The number of H-pyrrole nitrogens is 1. The molecule has 37 heavy (non-hydrogen) atoms. The molecular weight excluding hydrogens is 472 g/mol. The summed E-state index contributed by atoms with van der Waals surface area (Å²) >= 11 is 0. The number of methoxy groups -OCH3 is 1. The van der Waals surface area contributed by atoms with E-state index in [2.05, 4.69) is 25.6 Å². The first-order valence-corrected chi connectivity index (χ1v) is 12.1. The molecule has 0 aliphatic rings. The minimum absolute atomic E-state index is 0.318. The Labute approximate surface area is 212 Å². The van der Waals surface area contributed by atoms with Gasteiger partial charge in [0, 0.05) is 25.8 Å². The number of aryl methyl sites for hydroxylation is 1. The summed E-state index contributed by atoms with van der Waals surface area (Å²) in [7, 11) is 1.58. The van der Waals surface area contributed by atoms with Crippen LogP contribution >= 0.6 is 0 Å². The number of hydrogen-bond acceptors (Lipinski definition) is 7. The van der Waals surface area contributed by atoms with Crippen LogP contribution in [0.1, 0.15) is 24.7 Å². The first kappa shape index (κ1) is 24.3. The van der Waals surface area contributed by atoms with E-state index in [4.69, 9.17) is 4.74 Å². The molecule has 5 rings (SSSR count). The van der Waals surface area contributed by atoms with Gasteiger partial charge >= 0.3 is 5.69 Å². The summed E-state index contributed by atoms with van der Waals surface area (Å²) < 4.78 is 9.92. The number of nitrogens with one attached hydrogen (secondary N) is 1. The quantitative estimate of drug-likeness (QED) is 0.330. The number of benzene rings is 2. The predicted octanol–water partition coefficient (Wildman–Crippen LogP) is 2.62. The Morgan fingerprint density at radius 3 is 2.38 bits per heavy atom. The number of aromatic nitrogens is 8. The molecular formula is C26H28N8O3. The van der Waals surface area contributed by atoms with Gasteiger partial charge in [-0.05, 0) is 35.2 Å². The number of aromatic amines is 1. The van der Waals surface area contributed by atoms with Gasteiger partial charge in [-0.3, -0.25) is 13.9 Å². The van der Waals surface area contributed by atoms with Crippen molar-refractivity contribution in [1.82, 2.24) is 39.3 Å². The van der Waals surface area contributed by atoms with Crippen LogP contribution in [0.25, 0.3) is 33.7 Å². The molecule has 0 saturated carbocycles. The molecule has 0 bridgehead atoms. The molecule has 1 N–H and O–H groups in total. The number of rotatable bonds is 9. The molecule has 2 aromatic carbocycles. The van der Waals surface area contributed by atoms with Crippen LogP contribution in [-0.2, 0) is 24.4 Å². The van der Waals surface area contributed by atoms with Crippen LogP contribution in [0.4, 0.5) is 0 Å². The van der Waals surface area contributed by atoms with Gasteiger partial charge in [0.25, 0.3) is 5.56 Å². The van der Waals surface area contributed by atoms with Crippen LogP contribution in [0.2, 0.25) is 0 Å². The molecule has 0 radical (unpaired) electrons. The Balaban J connectivity index is 1.54. The van der Waals surface area contributed by atoms with Crippen molar-refractivity contribution >= 4 is 11.2 Å². The van der Waals surface area contributed by atoms with Crippen molar-refractivity contribution in [3.8, 4) is 22.5 Å². The second kappa shape index (κ2) is 10.3. The highest BCUT2D eigenvalue weighted by atomic mass is 16.5. The number of imidazole rings is 1. The lowest BCUT2D eigenvalue weighted by Gasteiger charge is -2.13. The van der Waals surface area contributed by atoms with Crippen LogP contribution in [0.15, 0.2) is 58.1 Å². The minimum Gasteiger partial charge on any atom is -0.383 e. The number of hydrogen-bond donors (Lipinski definition) is 1. The van der Waals surface area contributed by atoms with Gasteiger partial charge < -0.3 is 9.30 Å². The molecule has 0 atom stereocenters. The predicted molar refractivity (Wildman–Crippen MR) is 139 cm³/mol. The Morgan fingerprint density at radius 2 is 1.70 bits per heavy atom. The van der Waals surface area contributed by atoms with E-state index in [1.54, 1.807) is 7.11 Å². The van der Waals surface area contributed by atoms with Crippen molar-refractivity contribution in [3.05, 3.63) is 80.8 Å². The maximum absolute atomic E-state index is 13.4. The van der Waals surface area contributed by atoms with Crippen molar-refractivity contribution in [2.24, 2.45) is 0 Å². The van der Waals surface area contributed by atoms with E-state index in [1.165, 1.54) is 9.13 Å². The second-order valence-electron chi connectivity index (χ2n) is 8.78. The zero-order chi connectivity index (χ0) is 25.9. The van der Waals surface area contributed by atoms with Gasteiger partial charge in [-0.2, -0.15) is 5.21 Å². The molecule has 0 spiro atoms. The average molecular weight is 501 g/mol. The molecule has 0 fully saturated rings. The summed E-state index contributed by atoms with van der Waals surface area (Å²) in [6, 6.07) is 16.0. The molecule has 0 aliphatic heterocycles. The minimum atomic E-state index is -0.356. The summed E-state index contributed by atoms with van der Waals surface area (Å²) in [5, 5.41) is 14.4. The molecule has 0 unspecified atom stereocenters. The van der Waals surface area contributed by atoms with Crippen molar-refractivity contribution < 1.29 is 4.74 Å². The first-order chi connectivity index (χ1) is 18.0. The van der Waals surface area contributed by atoms with Crippen molar-refractivity contribution in [1.29, 1.82) is 0 Å².